The predicted octanol–water partition coefficient (Wildman–Crippen LogP) is 4.29. The van der Waals surface area contributed by atoms with Crippen LogP contribution >= 0.6 is 11.3 Å². The van der Waals surface area contributed by atoms with Crippen molar-refractivity contribution in [1.82, 2.24) is 19.6 Å². The Labute approximate surface area is 194 Å². The lowest BCUT2D eigenvalue weighted by Gasteiger charge is -2.29. The maximum absolute atomic E-state index is 5.54. The van der Waals surface area contributed by atoms with Gasteiger partial charge in [-0.1, -0.05) is 6.07 Å². The maximum Gasteiger partial charge on any atom is 0.160 e. The summed E-state index contributed by atoms with van der Waals surface area (Å²) in [6.07, 6.45) is 5.35. The van der Waals surface area contributed by atoms with Gasteiger partial charge in [0.1, 0.15) is 5.82 Å². The van der Waals surface area contributed by atoms with Crippen molar-refractivity contribution in [3.8, 4) is 11.3 Å². The van der Waals surface area contributed by atoms with E-state index in [0.29, 0.717) is 19.0 Å². The van der Waals surface area contributed by atoms with Gasteiger partial charge in [-0.05, 0) is 46.7 Å². The number of pyridine rings is 1. The van der Waals surface area contributed by atoms with Crippen LogP contribution in [0.4, 0.5) is 11.6 Å². The summed E-state index contributed by atoms with van der Waals surface area (Å²) in [5, 5.41) is 12.6. The third-order valence-electron chi connectivity index (χ3n) is 5.59. The Balaban J connectivity index is 1.34. The van der Waals surface area contributed by atoms with Crippen LogP contribution in [0.5, 0.6) is 0 Å². The quantitative estimate of drug-likeness (QED) is 0.315. The molecule has 5 aromatic rings. The Hall–Kier alpha value is -3.82. The maximum atomic E-state index is 5.54. The van der Waals surface area contributed by atoms with Crippen molar-refractivity contribution in [3.05, 3.63) is 71.9 Å². The van der Waals surface area contributed by atoms with Crippen molar-refractivity contribution in [2.45, 2.75) is 0 Å². The number of hydrogen-bond acceptors (Lipinski definition) is 8. The zero-order valence-electron chi connectivity index (χ0n) is 17.8. The Kier molecular flexibility index (Phi) is 5.17. The van der Waals surface area contributed by atoms with Gasteiger partial charge in [0.25, 0.3) is 0 Å². The third-order valence-corrected chi connectivity index (χ3v) is 6.49. The molecule has 0 unspecified atom stereocenters. The second kappa shape index (κ2) is 8.61. The van der Waals surface area contributed by atoms with E-state index in [1.54, 1.807) is 23.7 Å². The summed E-state index contributed by atoms with van der Waals surface area (Å²) >= 11 is 1.74. The van der Waals surface area contributed by atoms with Gasteiger partial charge in [-0.25, -0.2) is 4.98 Å². The average molecular weight is 456 g/mol. The summed E-state index contributed by atoms with van der Waals surface area (Å²) in [6.45, 7) is 2.97. The van der Waals surface area contributed by atoms with Crippen LogP contribution < -0.4 is 10.3 Å². The van der Waals surface area contributed by atoms with E-state index in [0.717, 1.165) is 41.4 Å². The summed E-state index contributed by atoms with van der Waals surface area (Å²) < 4.78 is 8.71. The number of anilines is 2. The van der Waals surface area contributed by atoms with Crippen molar-refractivity contribution in [2.75, 3.05) is 36.6 Å². The Morgan fingerprint density at radius 3 is 2.79 bits per heavy atom. The molecule has 0 aliphatic carbocycles. The summed E-state index contributed by atoms with van der Waals surface area (Å²) in [7, 11) is 0. The smallest absolute Gasteiger partial charge is 0.160 e. The van der Waals surface area contributed by atoms with E-state index >= 15 is 0 Å². The molecule has 0 bridgehead atoms. The highest BCUT2D eigenvalue weighted by Gasteiger charge is 2.18. The number of nitrogens with zero attached hydrogens (tertiary/aromatic N) is 6. The molecule has 1 N–H and O–H groups in total. The van der Waals surface area contributed by atoms with Gasteiger partial charge >= 0.3 is 0 Å². The Bertz CT molecular complexity index is 1440. The number of nitrogens with one attached hydrogen (secondary N) is 1. The zero-order chi connectivity index (χ0) is 22.0. The molecule has 33 heavy (non-hydrogen) atoms. The highest BCUT2D eigenvalue weighted by molar-refractivity contribution is 7.17. The zero-order valence-corrected chi connectivity index (χ0v) is 18.6. The molecule has 1 aromatic carbocycles. The van der Waals surface area contributed by atoms with Gasteiger partial charge < -0.3 is 9.64 Å². The second-order valence-corrected chi connectivity index (χ2v) is 8.67. The molecule has 0 spiro atoms. The number of rotatable bonds is 5. The van der Waals surface area contributed by atoms with Crippen molar-refractivity contribution in [3.63, 3.8) is 0 Å². The first kappa shape index (κ1) is 19.8. The minimum absolute atomic E-state index is 0.665. The van der Waals surface area contributed by atoms with Crippen LogP contribution in [-0.2, 0) is 4.74 Å². The number of benzene rings is 1. The lowest BCUT2D eigenvalue weighted by Crippen LogP contribution is -2.37. The fourth-order valence-electron chi connectivity index (χ4n) is 3.94. The number of hydrogen-bond donors (Lipinski definition) is 1. The van der Waals surface area contributed by atoms with Crippen LogP contribution in [0.1, 0.15) is 5.56 Å². The third kappa shape index (κ3) is 4.04. The van der Waals surface area contributed by atoms with E-state index in [-0.39, 0.29) is 0 Å². The van der Waals surface area contributed by atoms with Gasteiger partial charge in [0.15, 0.2) is 11.5 Å². The molecule has 0 saturated carbocycles. The van der Waals surface area contributed by atoms with E-state index in [1.165, 1.54) is 10.1 Å². The van der Waals surface area contributed by atoms with Crippen molar-refractivity contribution in [1.29, 1.82) is 0 Å². The lowest BCUT2D eigenvalue weighted by atomic mass is 10.2. The van der Waals surface area contributed by atoms with Gasteiger partial charge in [0.2, 0.25) is 0 Å². The van der Waals surface area contributed by atoms with Gasteiger partial charge in [-0.3, -0.25) is 10.4 Å². The lowest BCUT2D eigenvalue weighted by molar-refractivity contribution is 0.122. The molecule has 8 nitrogen and oxygen atoms in total. The first-order valence-electron chi connectivity index (χ1n) is 10.7. The minimum atomic E-state index is 0.665. The van der Waals surface area contributed by atoms with Crippen LogP contribution in [-0.4, -0.2) is 52.1 Å². The highest BCUT2D eigenvalue weighted by Crippen LogP contribution is 2.26. The normalized spacial score (nSPS) is 14.5. The van der Waals surface area contributed by atoms with E-state index in [1.807, 2.05) is 35.0 Å². The molecule has 1 aliphatic heterocycles. The van der Waals surface area contributed by atoms with E-state index in [4.69, 9.17) is 14.8 Å². The molecule has 9 heteroatoms. The summed E-state index contributed by atoms with van der Waals surface area (Å²) in [4.78, 5) is 11.1. The molecular weight excluding hydrogens is 434 g/mol. The summed E-state index contributed by atoms with van der Waals surface area (Å²) in [5.74, 6) is 1.62. The SMILES string of the molecule is C(=N\Nc1cc(N2CCOCC2)n2nc(-c3ccncc3)cc2n1)/c1ccc2sccc2c1. The second-order valence-electron chi connectivity index (χ2n) is 7.72. The molecule has 0 amide bonds. The average Bonchev–Trinajstić information content (AvgIpc) is 3.51. The number of thiophene rings is 1. The number of ether oxygens (including phenoxy) is 1. The monoisotopic (exact) mass is 455 g/mol. The molecule has 1 aliphatic rings. The molecule has 4 aromatic heterocycles. The first-order valence-corrected chi connectivity index (χ1v) is 11.6. The van der Waals surface area contributed by atoms with Crippen molar-refractivity contribution >= 4 is 44.9 Å². The predicted molar refractivity (Wildman–Crippen MR) is 132 cm³/mol. The van der Waals surface area contributed by atoms with Crippen LogP contribution in [0.25, 0.3) is 27.0 Å². The van der Waals surface area contributed by atoms with E-state index in [9.17, 15) is 0 Å². The van der Waals surface area contributed by atoms with E-state index in [2.05, 4.69) is 50.1 Å². The standard InChI is InChI=1S/C24H21N7OS/c1-2-21-19(5-12-33-21)13-17(1)16-26-28-22-15-24(30-8-10-32-11-9-30)31-23(27-22)14-20(29-31)18-3-6-25-7-4-18/h1-7,12-16H,8-11H2,(H,27,28)/b26-16+. The highest BCUT2D eigenvalue weighted by atomic mass is 32.1. The molecular formula is C24H21N7OS. The molecule has 5 heterocycles. The molecule has 1 fully saturated rings. The van der Waals surface area contributed by atoms with Crippen LogP contribution in [0.15, 0.2) is 71.4 Å². The number of morpholine rings is 1. The van der Waals surface area contributed by atoms with Gasteiger partial charge in [-0.15, -0.1) is 11.3 Å². The first-order chi connectivity index (χ1) is 16.3. The molecule has 0 atom stereocenters. The van der Waals surface area contributed by atoms with Gasteiger partial charge in [0.05, 0.1) is 25.1 Å². The van der Waals surface area contributed by atoms with Crippen LogP contribution in [0.2, 0.25) is 0 Å². The molecule has 6 rings (SSSR count). The van der Waals surface area contributed by atoms with Crippen molar-refractivity contribution < 1.29 is 4.74 Å². The van der Waals surface area contributed by atoms with Gasteiger partial charge in [0, 0.05) is 47.9 Å². The van der Waals surface area contributed by atoms with E-state index < -0.39 is 0 Å². The number of aromatic nitrogens is 4. The summed E-state index contributed by atoms with van der Waals surface area (Å²) in [6, 6.07) is 16.3. The Morgan fingerprint density at radius 1 is 1.03 bits per heavy atom. The fraction of sp³-hybridized carbons (Fsp3) is 0.167. The molecule has 0 radical (unpaired) electrons. The molecule has 1 saturated heterocycles. The fourth-order valence-corrected chi connectivity index (χ4v) is 4.71. The van der Waals surface area contributed by atoms with Crippen molar-refractivity contribution in [2.24, 2.45) is 5.10 Å². The minimum Gasteiger partial charge on any atom is -0.378 e. The largest absolute Gasteiger partial charge is 0.378 e. The topological polar surface area (TPSA) is 79.9 Å². The number of fused-ring (bicyclic) bond motifs is 2. The van der Waals surface area contributed by atoms with Crippen LogP contribution in [0.3, 0.4) is 0 Å². The number of hydrazone groups is 1. The summed E-state index contributed by atoms with van der Waals surface area (Å²) in [5.41, 5.74) is 6.75. The van der Waals surface area contributed by atoms with Gasteiger partial charge in [-0.2, -0.15) is 14.7 Å². The molecule has 164 valence electrons. The van der Waals surface area contributed by atoms with Crippen LogP contribution in [0, 0.1) is 0 Å². The Morgan fingerprint density at radius 2 is 1.91 bits per heavy atom.